The highest BCUT2D eigenvalue weighted by Gasteiger charge is 2.26. The zero-order valence-electron chi connectivity index (χ0n) is 15.7. The van der Waals surface area contributed by atoms with Crippen LogP contribution in [0.4, 0.5) is 4.79 Å². The minimum absolute atomic E-state index is 0.0470. The Morgan fingerprint density at radius 3 is 2.64 bits per heavy atom. The fourth-order valence-corrected chi connectivity index (χ4v) is 4.47. The molecular weight excluding hydrogens is 380 g/mol. The number of benzene rings is 1. The van der Waals surface area contributed by atoms with E-state index in [1.165, 1.54) is 0 Å². The van der Waals surface area contributed by atoms with Crippen molar-refractivity contribution in [2.24, 2.45) is 0 Å². The molecule has 1 fully saturated rings. The number of hydrogen-bond donors (Lipinski definition) is 0. The lowest BCUT2D eigenvalue weighted by Gasteiger charge is -2.34. The second kappa shape index (κ2) is 7.83. The SMILES string of the molecule is CCOC(=O)N1CCN(C(=O)c2ccc3c(=O)n4c(nc3c2)SCCC4)CC1. The zero-order chi connectivity index (χ0) is 19.7. The van der Waals surface area contributed by atoms with Gasteiger partial charge >= 0.3 is 6.09 Å². The molecule has 148 valence electrons. The maximum absolute atomic E-state index is 12.9. The van der Waals surface area contributed by atoms with Crippen LogP contribution in [0.5, 0.6) is 0 Å². The normalized spacial score (nSPS) is 16.8. The molecule has 0 atom stereocenters. The molecule has 28 heavy (non-hydrogen) atoms. The number of fused-ring (bicyclic) bond motifs is 2. The van der Waals surface area contributed by atoms with Crippen molar-refractivity contribution >= 4 is 34.7 Å². The van der Waals surface area contributed by atoms with E-state index in [1.54, 1.807) is 51.3 Å². The molecule has 2 amide bonds. The lowest BCUT2D eigenvalue weighted by molar-refractivity contribution is 0.0570. The highest BCUT2D eigenvalue weighted by atomic mass is 32.2. The maximum atomic E-state index is 12.9. The second-order valence-electron chi connectivity index (χ2n) is 6.76. The number of aromatic nitrogens is 2. The van der Waals surface area contributed by atoms with E-state index in [2.05, 4.69) is 4.98 Å². The summed E-state index contributed by atoms with van der Waals surface area (Å²) in [5.41, 5.74) is 1.02. The minimum atomic E-state index is -0.341. The highest BCUT2D eigenvalue weighted by Crippen LogP contribution is 2.23. The number of nitrogens with zero attached hydrogens (tertiary/aromatic N) is 4. The smallest absolute Gasteiger partial charge is 0.409 e. The first kappa shape index (κ1) is 18.8. The quantitative estimate of drug-likeness (QED) is 0.713. The van der Waals surface area contributed by atoms with Crippen LogP contribution in [0.3, 0.4) is 0 Å². The largest absolute Gasteiger partial charge is 0.450 e. The van der Waals surface area contributed by atoms with E-state index in [1.807, 2.05) is 0 Å². The van der Waals surface area contributed by atoms with E-state index in [-0.39, 0.29) is 17.6 Å². The maximum Gasteiger partial charge on any atom is 0.409 e. The first-order chi connectivity index (χ1) is 13.6. The molecule has 0 saturated carbocycles. The Morgan fingerprint density at radius 1 is 1.14 bits per heavy atom. The highest BCUT2D eigenvalue weighted by molar-refractivity contribution is 7.99. The molecule has 9 heteroatoms. The molecule has 0 N–H and O–H groups in total. The molecule has 1 saturated heterocycles. The van der Waals surface area contributed by atoms with E-state index in [0.29, 0.717) is 55.8 Å². The van der Waals surface area contributed by atoms with Crippen molar-refractivity contribution in [3.63, 3.8) is 0 Å². The van der Waals surface area contributed by atoms with Gasteiger partial charge in [-0.05, 0) is 31.5 Å². The second-order valence-corrected chi connectivity index (χ2v) is 7.83. The van der Waals surface area contributed by atoms with Crippen LogP contribution in [0.1, 0.15) is 23.7 Å². The molecule has 0 radical (unpaired) electrons. The van der Waals surface area contributed by atoms with Crippen LogP contribution in [0.2, 0.25) is 0 Å². The van der Waals surface area contributed by atoms with Gasteiger partial charge in [-0.2, -0.15) is 0 Å². The molecule has 2 aliphatic rings. The summed E-state index contributed by atoms with van der Waals surface area (Å²) in [5.74, 6) is 0.832. The average molecular weight is 402 g/mol. The zero-order valence-corrected chi connectivity index (χ0v) is 16.5. The van der Waals surface area contributed by atoms with Crippen molar-refractivity contribution < 1.29 is 14.3 Å². The molecular formula is C19H22N4O4S. The molecule has 1 aromatic carbocycles. The Labute approximate surface area is 166 Å². The lowest BCUT2D eigenvalue weighted by atomic mass is 10.1. The average Bonchev–Trinajstić information content (AvgIpc) is 2.73. The van der Waals surface area contributed by atoms with Crippen molar-refractivity contribution in [3.8, 4) is 0 Å². The standard InChI is InChI=1S/C19H22N4O4S/c1-2-27-19(26)22-9-7-21(8-10-22)16(24)13-4-5-14-15(12-13)20-18-23(17(14)25)6-3-11-28-18/h4-5,12H,2-3,6-11H2,1H3. The first-order valence-electron chi connectivity index (χ1n) is 9.47. The number of carbonyl (C=O) groups excluding carboxylic acids is 2. The molecule has 8 nitrogen and oxygen atoms in total. The van der Waals surface area contributed by atoms with Gasteiger partial charge in [-0.3, -0.25) is 14.2 Å². The van der Waals surface area contributed by atoms with Gasteiger partial charge in [0.2, 0.25) is 0 Å². The van der Waals surface area contributed by atoms with Crippen molar-refractivity contribution in [1.82, 2.24) is 19.4 Å². The van der Waals surface area contributed by atoms with E-state index in [4.69, 9.17) is 4.74 Å². The van der Waals surface area contributed by atoms with Crippen molar-refractivity contribution in [3.05, 3.63) is 34.1 Å². The summed E-state index contributed by atoms with van der Waals surface area (Å²) in [6.45, 7) is 4.59. The fraction of sp³-hybridized carbons (Fsp3) is 0.474. The Kier molecular flexibility index (Phi) is 5.25. The lowest BCUT2D eigenvalue weighted by Crippen LogP contribution is -2.50. The van der Waals surface area contributed by atoms with Gasteiger partial charge in [-0.1, -0.05) is 11.8 Å². The van der Waals surface area contributed by atoms with Gasteiger partial charge in [-0.25, -0.2) is 9.78 Å². The Bertz CT molecular complexity index is 982. The van der Waals surface area contributed by atoms with Crippen molar-refractivity contribution in [1.29, 1.82) is 0 Å². The Balaban J connectivity index is 1.54. The van der Waals surface area contributed by atoms with Crippen LogP contribution in [0.15, 0.2) is 28.2 Å². The number of amides is 2. The van der Waals surface area contributed by atoms with Crippen LogP contribution in [-0.2, 0) is 11.3 Å². The summed E-state index contributed by atoms with van der Waals surface area (Å²) in [5, 5.41) is 1.26. The minimum Gasteiger partial charge on any atom is -0.450 e. The van der Waals surface area contributed by atoms with Crippen LogP contribution in [-0.4, -0.2) is 69.9 Å². The van der Waals surface area contributed by atoms with E-state index >= 15 is 0 Å². The molecule has 0 unspecified atom stereocenters. The summed E-state index contributed by atoms with van der Waals surface area (Å²) in [6.07, 6.45) is 0.617. The van der Waals surface area contributed by atoms with Gasteiger partial charge in [-0.15, -0.1) is 0 Å². The van der Waals surface area contributed by atoms with Crippen LogP contribution < -0.4 is 5.56 Å². The van der Waals surface area contributed by atoms with E-state index in [9.17, 15) is 14.4 Å². The Morgan fingerprint density at radius 2 is 1.89 bits per heavy atom. The summed E-state index contributed by atoms with van der Waals surface area (Å²) >= 11 is 1.57. The summed E-state index contributed by atoms with van der Waals surface area (Å²) in [6, 6.07) is 5.08. The van der Waals surface area contributed by atoms with Gasteiger partial charge < -0.3 is 14.5 Å². The van der Waals surface area contributed by atoms with Crippen molar-refractivity contribution in [2.45, 2.75) is 25.0 Å². The predicted molar refractivity (Wildman–Crippen MR) is 106 cm³/mol. The van der Waals surface area contributed by atoms with Crippen LogP contribution >= 0.6 is 11.8 Å². The number of piperazine rings is 1. The summed E-state index contributed by atoms with van der Waals surface area (Å²) in [4.78, 5) is 45.3. The number of carbonyl (C=O) groups is 2. The molecule has 4 rings (SSSR count). The first-order valence-corrected chi connectivity index (χ1v) is 10.5. The van der Waals surface area contributed by atoms with Gasteiger partial charge in [0.15, 0.2) is 5.16 Å². The molecule has 3 heterocycles. The molecule has 0 bridgehead atoms. The van der Waals surface area contributed by atoms with Gasteiger partial charge in [0.1, 0.15) is 0 Å². The monoisotopic (exact) mass is 402 g/mol. The third-order valence-corrected chi connectivity index (χ3v) is 6.08. The number of rotatable bonds is 2. The third kappa shape index (κ3) is 3.46. The molecule has 2 aromatic rings. The molecule has 1 aromatic heterocycles. The van der Waals surface area contributed by atoms with Crippen LogP contribution in [0, 0.1) is 0 Å². The summed E-state index contributed by atoms with van der Waals surface area (Å²) in [7, 11) is 0. The van der Waals surface area contributed by atoms with Gasteiger partial charge in [0.25, 0.3) is 11.5 Å². The van der Waals surface area contributed by atoms with E-state index in [0.717, 1.165) is 17.3 Å². The van der Waals surface area contributed by atoms with E-state index < -0.39 is 0 Å². The number of hydrogen-bond acceptors (Lipinski definition) is 6. The molecule has 0 aliphatic carbocycles. The molecule has 0 spiro atoms. The van der Waals surface area contributed by atoms with Crippen LogP contribution in [0.25, 0.3) is 10.9 Å². The topological polar surface area (TPSA) is 84.7 Å². The number of thioether (sulfide) groups is 1. The third-order valence-electron chi connectivity index (χ3n) is 5.02. The van der Waals surface area contributed by atoms with Crippen molar-refractivity contribution in [2.75, 3.05) is 38.5 Å². The Hall–Kier alpha value is -2.55. The number of ether oxygens (including phenoxy) is 1. The van der Waals surface area contributed by atoms with Gasteiger partial charge in [0, 0.05) is 44.0 Å². The molecule has 2 aliphatic heterocycles. The fourth-order valence-electron chi connectivity index (χ4n) is 3.52. The summed E-state index contributed by atoms with van der Waals surface area (Å²) < 4.78 is 6.72. The van der Waals surface area contributed by atoms with Gasteiger partial charge in [0.05, 0.1) is 17.5 Å². The predicted octanol–water partition coefficient (Wildman–Crippen LogP) is 1.81.